The van der Waals surface area contributed by atoms with Crippen molar-refractivity contribution in [1.82, 2.24) is 24.6 Å². The fraction of sp³-hybridized carbons (Fsp3) is 0.429. The molecule has 0 unspecified atom stereocenters. The highest BCUT2D eigenvalue weighted by Crippen LogP contribution is 2.34. The predicted octanol–water partition coefficient (Wildman–Crippen LogP) is 4.70. The van der Waals surface area contributed by atoms with Gasteiger partial charge in [0.2, 0.25) is 5.91 Å². The van der Waals surface area contributed by atoms with E-state index in [1.54, 1.807) is 40.2 Å². The number of nitrogens with zero attached hydrogens (tertiary/aromatic N) is 5. The Balaban J connectivity index is 1.61. The second-order valence-corrected chi connectivity index (χ2v) is 8.64. The van der Waals surface area contributed by atoms with Gasteiger partial charge in [-0.15, -0.1) is 11.3 Å². The van der Waals surface area contributed by atoms with E-state index in [1.807, 2.05) is 13.0 Å². The molecule has 2 atom stereocenters. The van der Waals surface area contributed by atoms with Crippen LogP contribution in [-0.4, -0.2) is 43.6 Å². The van der Waals surface area contributed by atoms with Gasteiger partial charge in [-0.1, -0.05) is 6.07 Å². The highest BCUT2D eigenvalue weighted by molar-refractivity contribution is 7.13. The van der Waals surface area contributed by atoms with Gasteiger partial charge in [-0.05, 0) is 50.3 Å². The minimum absolute atomic E-state index is 0.109. The Morgan fingerprint density at radius 2 is 2.10 bits per heavy atom. The molecule has 0 N–H and O–H groups in total. The van der Waals surface area contributed by atoms with E-state index in [4.69, 9.17) is 0 Å². The van der Waals surface area contributed by atoms with Crippen LogP contribution < -0.4 is 0 Å². The smallest absolute Gasteiger partial charge is 0.340 e. The lowest BCUT2D eigenvalue weighted by atomic mass is 9.96. The summed E-state index contributed by atoms with van der Waals surface area (Å²) >= 11 is 1.33. The summed E-state index contributed by atoms with van der Waals surface area (Å²) < 4.78 is 42.2. The van der Waals surface area contributed by atoms with Crippen molar-refractivity contribution >= 4 is 17.2 Å². The number of carbonyl (C=O) groups excluding carboxylic acids is 1. The fourth-order valence-electron chi connectivity index (χ4n) is 3.89. The van der Waals surface area contributed by atoms with Gasteiger partial charge >= 0.3 is 6.18 Å². The molecule has 0 aliphatic carbocycles. The van der Waals surface area contributed by atoms with Gasteiger partial charge in [-0.25, -0.2) is 9.97 Å². The minimum atomic E-state index is -4.57. The van der Waals surface area contributed by atoms with Crippen molar-refractivity contribution in [1.29, 1.82) is 0 Å². The molecule has 0 spiro atoms. The average Bonchev–Trinajstić information content (AvgIpc) is 3.44. The Morgan fingerprint density at radius 3 is 2.74 bits per heavy atom. The van der Waals surface area contributed by atoms with Crippen molar-refractivity contribution in [3.63, 3.8) is 0 Å². The predicted molar refractivity (Wildman–Crippen MR) is 111 cm³/mol. The highest BCUT2D eigenvalue weighted by atomic mass is 32.1. The maximum atomic E-state index is 13.5. The Labute approximate surface area is 181 Å². The summed E-state index contributed by atoms with van der Waals surface area (Å²) in [6.07, 6.45) is -1.62. The molecule has 10 heteroatoms. The lowest BCUT2D eigenvalue weighted by Crippen LogP contribution is -2.43. The maximum Gasteiger partial charge on any atom is 0.433 e. The molecule has 164 valence electrons. The van der Waals surface area contributed by atoms with Crippen LogP contribution >= 0.6 is 11.3 Å². The topological polar surface area (TPSA) is 63.9 Å². The van der Waals surface area contributed by atoms with Crippen molar-refractivity contribution in [2.24, 2.45) is 0 Å². The van der Waals surface area contributed by atoms with Crippen LogP contribution in [0.2, 0.25) is 0 Å². The van der Waals surface area contributed by atoms with E-state index < -0.39 is 17.9 Å². The normalized spacial score (nSPS) is 18.2. The molecule has 6 nitrogen and oxygen atoms in total. The Kier molecular flexibility index (Phi) is 5.83. The molecule has 1 fully saturated rings. The standard InChI is InChI=1S/C21H22F3N5OS/c1-13-7-8-25-29(13)14(2)20(30)28-9-3-5-15(12-28)19-26-16(17-6-4-10-31-17)11-18(27-19)21(22,23)24/h4,6-8,10-11,14-15H,3,5,9,12H2,1-2H3/t14-,15+/m1/s1. The summed E-state index contributed by atoms with van der Waals surface area (Å²) in [7, 11) is 0. The lowest BCUT2D eigenvalue weighted by Gasteiger charge is -2.34. The molecule has 3 aromatic rings. The number of amides is 1. The van der Waals surface area contributed by atoms with E-state index in [0.717, 1.165) is 11.8 Å². The second kappa shape index (κ2) is 8.41. The number of rotatable bonds is 4. The van der Waals surface area contributed by atoms with E-state index in [9.17, 15) is 18.0 Å². The quantitative estimate of drug-likeness (QED) is 0.579. The first kappa shape index (κ1) is 21.5. The first-order valence-corrected chi connectivity index (χ1v) is 10.9. The number of aryl methyl sites for hydroxylation is 1. The molecule has 0 radical (unpaired) electrons. The van der Waals surface area contributed by atoms with Crippen LogP contribution in [-0.2, 0) is 11.0 Å². The third-order valence-electron chi connectivity index (χ3n) is 5.50. The molecule has 3 aromatic heterocycles. The Hall–Kier alpha value is -2.75. The number of thiophene rings is 1. The van der Waals surface area contributed by atoms with E-state index in [1.165, 1.54) is 11.3 Å². The van der Waals surface area contributed by atoms with Crippen molar-refractivity contribution in [3.05, 3.63) is 53.1 Å². The molecule has 0 bridgehead atoms. The molecule has 1 aliphatic heterocycles. The van der Waals surface area contributed by atoms with Crippen LogP contribution in [0.1, 0.15) is 48.9 Å². The molecule has 4 rings (SSSR count). The maximum absolute atomic E-state index is 13.5. The zero-order valence-corrected chi connectivity index (χ0v) is 18.0. The van der Waals surface area contributed by atoms with Gasteiger partial charge in [0.05, 0.1) is 10.6 Å². The van der Waals surface area contributed by atoms with E-state index in [0.29, 0.717) is 24.3 Å². The first-order valence-electron chi connectivity index (χ1n) is 10.0. The molecular formula is C21H22F3N5OS. The molecule has 1 aliphatic rings. The number of carbonyl (C=O) groups is 1. The van der Waals surface area contributed by atoms with E-state index in [-0.39, 0.29) is 29.9 Å². The third-order valence-corrected chi connectivity index (χ3v) is 6.39. The molecular weight excluding hydrogens is 427 g/mol. The van der Waals surface area contributed by atoms with E-state index >= 15 is 0 Å². The minimum Gasteiger partial charge on any atom is -0.340 e. The number of likely N-dealkylation sites (tertiary alicyclic amines) is 1. The summed E-state index contributed by atoms with van der Waals surface area (Å²) in [6.45, 7) is 4.49. The summed E-state index contributed by atoms with van der Waals surface area (Å²) in [5.41, 5.74) is 0.178. The van der Waals surface area contributed by atoms with Crippen LogP contribution in [0.3, 0.4) is 0 Å². The SMILES string of the molecule is Cc1ccnn1[C@H](C)C(=O)N1CCC[C@H](c2nc(-c3cccs3)cc(C(F)(F)F)n2)C1. The van der Waals surface area contributed by atoms with Crippen molar-refractivity contribution in [3.8, 4) is 10.6 Å². The largest absolute Gasteiger partial charge is 0.433 e. The fourth-order valence-corrected chi connectivity index (χ4v) is 4.57. The van der Waals surface area contributed by atoms with Gasteiger partial charge in [0.15, 0.2) is 0 Å². The number of halogens is 3. The highest BCUT2D eigenvalue weighted by Gasteiger charge is 2.36. The number of aromatic nitrogens is 4. The van der Waals surface area contributed by atoms with Gasteiger partial charge in [0.1, 0.15) is 17.6 Å². The molecule has 1 saturated heterocycles. The molecule has 31 heavy (non-hydrogen) atoms. The average molecular weight is 450 g/mol. The van der Waals surface area contributed by atoms with Crippen molar-refractivity contribution < 1.29 is 18.0 Å². The van der Waals surface area contributed by atoms with Gasteiger partial charge in [-0.2, -0.15) is 18.3 Å². The molecule has 0 saturated carbocycles. The van der Waals surface area contributed by atoms with Gasteiger partial charge in [0.25, 0.3) is 0 Å². The molecule has 1 amide bonds. The van der Waals surface area contributed by atoms with Gasteiger partial charge < -0.3 is 4.90 Å². The third kappa shape index (κ3) is 4.48. The lowest BCUT2D eigenvalue weighted by molar-refractivity contribution is -0.141. The van der Waals surface area contributed by atoms with E-state index in [2.05, 4.69) is 15.1 Å². The number of hydrogen-bond acceptors (Lipinski definition) is 5. The number of hydrogen-bond donors (Lipinski definition) is 0. The van der Waals surface area contributed by atoms with Crippen molar-refractivity contribution in [2.75, 3.05) is 13.1 Å². The van der Waals surface area contributed by atoms with Crippen LogP contribution in [0.5, 0.6) is 0 Å². The van der Waals surface area contributed by atoms with Gasteiger partial charge in [0, 0.05) is 30.9 Å². The number of piperidine rings is 1. The van der Waals surface area contributed by atoms with Crippen LogP contribution in [0.4, 0.5) is 13.2 Å². The first-order chi connectivity index (χ1) is 14.7. The second-order valence-electron chi connectivity index (χ2n) is 7.69. The summed E-state index contributed by atoms with van der Waals surface area (Å²) in [4.78, 5) is 23.7. The van der Waals surface area contributed by atoms with Crippen LogP contribution in [0, 0.1) is 6.92 Å². The van der Waals surface area contributed by atoms with Crippen molar-refractivity contribution in [2.45, 2.75) is 44.8 Å². The van der Waals surface area contributed by atoms with Crippen LogP contribution in [0.15, 0.2) is 35.8 Å². The summed E-state index contributed by atoms with van der Waals surface area (Å²) in [5.74, 6) is -0.328. The zero-order valence-electron chi connectivity index (χ0n) is 17.1. The summed E-state index contributed by atoms with van der Waals surface area (Å²) in [5, 5.41) is 6.00. The number of alkyl halides is 3. The Bertz CT molecular complexity index is 1060. The van der Waals surface area contributed by atoms with Crippen LogP contribution in [0.25, 0.3) is 10.6 Å². The molecule has 4 heterocycles. The monoisotopic (exact) mass is 449 g/mol. The Morgan fingerprint density at radius 1 is 1.29 bits per heavy atom. The van der Waals surface area contributed by atoms with Gasteiger partial charge in [-0.3, -0.25) is 9.48 Å². The molecule has 0 aromatic carbocycles. The summed E-state index contributed by atoms with van der Waals surface area (Å²) in [6, 6.07) is 5.84. The zero-order chi connectivity index (χ0) is 22.2.